The SMILES string of the molecule is CC(C)(C)[Si][Si]C(C)(C)C. The van der Waals surface area contributed by atoms with Crippen LogP contribution in [-0.4, -0.2) is 18.1 Å². The summed E-state index contributed by atoms with van der Waals surface area (Å²) in [5.41, 5.74) is 0. The second-order valence-corrected chi connectivity index (χ2v) is 9.75. The minimum absolute atomic E-state index is 0.547. The third kappa shape index (κ3) is 8.43. The molecule has 58 valence electrons. The van der Waals surface area contributed by atoms with E-state index in [-0.39, 0.29) is 0 Å². The standard InChI is InChI=1S/C8H18Si2/c1-7(2,3)9-10-8(4,5)6/h1-6H3. The summed E-state index contributed by atoms with van der Waals surface area (Å²) in [6.45, 7) is 13.9. The second-order valence-electron chi connectivity index (χ2n) is 4.75. The summed E-state index contributed by atoms with van der Waals surface area (Å²) < 4.78 is 0. The van der Waals surface area contributed by atoms with E-state index in [1.807, 2.05) is 0 Å². The van der Waals surface area contributed by atoms with Crippen LogP contribution in [0.4, 0.5) is 0 Å². The zero-order chi connectivity index (χ0) is 8.41. The van der Waals surface area contributed by atoms with Crippen LogP contribution in [0, 0.1) is 0 Å². The lowest BCUT2D eigenvalue weighted by Crippen LogP contribution is -2.23. The molecule has 0 heterocycles. The lowest BCUT2D eigenvalue weighted by Gasteiger charge is -2.23. The summed E-state index contributed by atoms with van der Waals surface area (Å²) in [5.74, 6) is 0. The van der Waals surface area contributed by atoms with Crippen LogP contribution in [0.15, 0.2) is 0 Å². The quantitative estimate of drug-likeness (QED) is 0.531. The van der Waals surface area contributed by atoms with Gasteiger partial charge in [0.2, 0.25) is 0 Å². The molecule has 0 unspecified atom stereocenters. The van der Waals surface area contributed by atoms with Crippen LogP contribution in [0.2, 0.25) is 10.1 Å². The fourth-order valence-corrected chi connectivity index (χ4v) is 3.38. The van der Waals surface area contributed by atoms with E-state index in [1.54, 1.807) is 0 Å². The summed E-state index contributed by atoms with van der Waals surface area (Å²) >= 11 is 0. The Bertz CT molecular complexity index is 80.8. The number of hydrogen-bond donors (Lipinski definition) is 0. The minimum atomic E-state index is 0.547. The third-order valence-electron chi connectivity index (χ3n) is 0.812. The second kappa shape index (κ2) is 3.22. The molecule has 0 aliphatic carbocycles. The highest BCUT2D eigenvalue weighted by atomic mass is 29.1. The molecular weight excluding hydrogens is 152 g/mol. The molecule has 0 atom stereocenters. The molecule has 0 amide bonds. The third-order valence-corrected chi connectivity index (χ3v) is 7.31. The molecule has 0 nitrogen and oxygen atoms in total. The first-order valence-corrected chi connectivity index (χ1v) is 6.75. The average molecular weight is 170 g/mol. The van der Waals surface area contributed by atoms with Crippen molar-refractivity contribution in [2.24, 2.45) is 0 Å². The first kappa shape index (κ1) is 10.4. The van der Waals surface area contributed by atoms with Gasteiger partial charge in [-0.2, -0.15) is 0 Å². The van der Waals surface area contributed by atoms with Crippen LogP contribution in [0.1, 0.15) is 41.5 Å². The molecule has 0 saturated heterocycles. The van der Waals surface area contributed by atoms with Gasteiger partial charge in [-0.3, -0.25) is 0 Å². The molecule has 0 aliphatic heterocycles. The summed E-state index contributed by atoms with van der Waals surface area (Å²) in [4.78, 5) is 0. The van der Waals surface area contributed by atoms with Crippen LogP contribution in [0.25, 0.3) is 0 Å². The molecule has 0 fully saturated rings. The van der Waals surface area contributed by atoms with Gasteiger partial charge in [0.15, 0.2) is 0 Å². The van der Waals surface area contributed by atoms with E-state index < -0.39 is 0 Å². The molecule has 0 aliphatic rings. The normalized spacial score (nSPS) is 13.8. The smallest absolute Gasteiger partial charge is 0.0302 e. The van der Waals surface area contributed by atoms with Gasteiger partial charge >= 0.3 is 0 Å². The molecule has 2 heteroatoms. The Balaban J connectivity index is 3.56. The van der Waals surface area contributed by atoms with Crippen molar-refractivity contribution in [1.29, 1.82) is 0 Å². The van der Waals surface area contributed by atoms with E-state index in [4.69, 9.17) is 0 Å². The van der Waals surface area contributed by atoms with Crippen molar-refractivity contribution >= 4 is 18.1 Å². The van der Waals surface area contributed by atoms with E-state index in [2.05, 4.69) is 41.5 Å². The largest absolute Gasteiger partial charge is 0.0633 e. The highest BCUT2D eigenvalue weighted by molar-refractivity contribution is 7.03. The van der Waals surface area contributed by atoms with Crippen molar-refractivity contribution in [2.75, 3.05) is 0 Å². The van der Waals surface area contributed by atoms with Gasteiger partial charge in [-0.1, -0.05) is 41.5 Å². The molecule has 0 spiro atoms. The van der Waals surface area contributed by atoms with Crippen molar-refractivity contribution in [3.8, 4) is 0 Å². The van der Waals surface area contributed by atoms with Crippen LogP contribution in [0.5, 0.6) is 0 Å². The Kier molecular flexibility index (Phi) is 3.36. The van der Waals surface area contributed by atoms with Gasteiger partial charge in [0.1, 0.15) is 0 Å². The average Bonchev–Trinajstić information content (AvgIpc) is 1.57. The molecule has 0 aromatic heterocycles. The number of hydrogen-bond acceptors (Lipinski definition) is 0. The first-order chi connectivity index (χ1) is 4.21. The van der Waals surface area contributed by atoms with Gasteiger partial charge in [-0.25, -0.2) is 0 Å². The fraction of sp³-hybridized carbons (Fsp3) is 1.00. The summed E-state index contributed by atoms with van der Waals surface area (Å²) in [7, 11) is 2.24. The highest BCUT2D eigenvalue weighted by Gasteiger charge is 2.18. The zero-order valence-corrected chi connectivity index (χ0v) is 10.0. The maximum absolute atomic E-state index is 2.32. The van der Waals surface area contributed by atoms with Crippen molar-refractivity contribution in [3.63, 3.8) is 0 Å². The Labute approximate surface area is 70.2 Å². The topological polar surface area (TPSA) is 0 Å². The van der Waals surface area contributed by atoms with E-state index in [0.29, 0.717) is 10.1 Å². The summed E-state index contributed by atoms with van der Waals surface area (Å²) in [6, 6.07) is 0. The maximum Gasteiger partial charge on any atom is 0.0302 e. The van der Waals surface area contributed by atoms with Crippen LogP contribution in [0.3, 0.4) is 0 Å². The van der Waals surface area contributed by atoms with Gasteiger partial charge in [0.25, 0.3) is 0 Å². The predicted octanol–water partition coefficient (Wildman–Crippen LogP) is 2.75. The lowest BCUT2D eigenvalue weighted by molar-refractivity contribution is 0.742. The van der Waals surface area contributed by atoms with Gasteiger partial charge in [-0.05, 0) is 10.1 Å². The molecule has 10 heavy (non-hydrogen) atoms. The van der Waals surface area contributed by atoms with E-state index in [9.17, 15) is 0 Å². The Morgan fingerprint density at radius 3 is 0.900 bits per heavy atom. The highest BCUT2D eigenvalue weighted by Crippen LogP contribution is 2.26. The van der Waals surface area contributed by atoms with Crippen LogP contribution >= 0.6 is 0 Å². The fourth-order valence-electron chi connectivity index (χ4n) is 0.375. The van der Waals surface area contributed by atoms with Gasteiger partial charge < -0.3 is 0 Å². The van der Waals surface area contributed by atoms with E-state index in [0.717, 1.165) is 18.1 Å². The van der Waals surface area contributed by atoms with E-state index >= 15 is 0 Å². The molecular formula is C8H18Si2. The molecule has 0 bridgehead atoms. The van der Waals surface area contributed by atoms with Gasteiger partial charge in [0, 0.05) is 18.1 Å². The van der Waals surface area contributed by atoms with Crippen molar-refractivity contribution in [3.05, 3.63) is 0 Å². The van der Waals surface area contributed by atoms with Crippen molar-refractivity contribution in [1.82, 2.24) is 0 Å². The maximum atomic E-state index is 2.32. The molecule has 0 saturated carbocycles. The molecule has 0 rings (SSSR count). The first-order valence-electron chi connectivity index (χ1n) is 3.75. The zero-order valence-electron chi connectivity index (χ0n) is 8.00. The minimum Gasteiger partial charge on any atom is -0.0633 e. The molecule has 4 radical (unpaired) electrons. The van der Waals surface area contributed by atoms with E-state index in [1.165, 1.54) is 0 Å². The Morgan fingerprint density at radius 2 is 0.800 bits per heavy atom. The Hall–Kier alpha value is 0.434. The number of rotatable bonds is 1. The Morgan fingerprint density at radius 1 is 0.600 bits per heavy atom. The van der Waals surface area contributed by atoms with Crippen LogP contribution < -0.4 is 0 Å². The molecule has 0 N–H and O–H groups in total. The summed E-state index contributed by atoms with van der Waals surface area (Å²) in [5, 5.41) is 1.09. The lowest BCUT2D eigenvalue weighted by atomic mass is 10.2. The molecule has 0 aromatic carbocycles. The van der Waals surface area contributed by atoms with Crippen molar-refractivity contribution < 1.29 is 0 Å². The summed E-state index contributed by atoms with van der Waals surface area (Å²) in [6.07, 6.45) is 0. The molecule has 0 aromatic rings. The monoisotopic (exact) mass is 170 g/mol. The van der Waals surface area contributed by atoms with Crippen LogP contribution in [-0.2, 0) is 0 Å². The van der Waals surface area contributed by atoms with Gasteiger partial charge in [-0.15, -0.1) is 0 Å². The predicted molar refractivity (Wildman–Crippen MR) is 50.9 cm³/mol. The van der Waals surface area contributed by atoms with Crippen molar-refractivity contribution in [2.45, 2.75) is 51.6 Å². The van der Waals surface area contributed by atoms with Gasteiger partial charge in [0.05, 0.1) is 0 Å².